The lowest BCUT2D eigenvalue weighted by Gasteiger charge is -2.14. The molecule has 0 saturated heterocycles. The lowest BCUT2D eigenvalue weighted by molar-refractivity contribution is 0.0787. The summed E-state index contributed by atoms with van der Waals surface area (Å²) in [4.78, 5) is 16.0. The third-order valence-corrected chi connectivity index (χ3v) is 4.12. The zero-order valence-corrected chi connectivity index (χ0v) is 12.5. The average molecular weight is 278 g/mol. The zero-order chi connectivity index (χ0) is 14.0. The van der Waals surface area contributed by atoms with Crippen LogP contribution in [0.25, 0.3) is 0 Å². The van der Waals surface area contributed by atoms with Crippen molar-refractivity contribution in [2.75, 3.05) is 7.05 Å². The van der Waals surface area contributed by atoms with Crippen LogP contribution < -0.4 is 0 Å². The standard InChI is InChI=1S/C14H18N2O2S/c1-5-11-7-13(19-10(11)3)14(17)16(4)8-12-6-9(2)18-15-12/h6-7H,5,8H2,1-4H3. The van der Waals surface area contributed by atoms with Crippen molar-refractivity contribution in [2.45, 2.75) is 33.7 Å². The lowest BCUT2D eigenvalue weighted by atomic mass is 10.2. The van der Waals surface area contributed by atoms with Gasteiger partial charge in [0.2, 0.25) is 0 Å². The number of aryl methyl sites for hydroxylation is 3. The number of hydrogen-bond donors (Lipinski definition) is 0. The second-order valence-electron chi connectivity index (χ2n) is 4.64. The Kier molecular flexibility index (Phi) is 4.04. The van der Waals surface area contributed by atoms with Gasteiger partial charge in [-0.1, -0.05) is 12.1 Å². The van der Waals surface area contributed by atoms with Crippen LogP contribution in [-0.4, -0.2) is 23.0 Å². The maximum atomic E-state index is 12.3. The molecule has 0 fully saturated rings. The highest BCUT2D eigenvalue weighted by Gasteiger charge is 2.17. The molecule has 2 heterocycles. The molecule has 4 nitrogen and oxygen atoms in total. The fourth-order valence-electron chi connectivity index (χ4n) is 1.97. The first-order valence-corrected chi connectivity index (χ1v) is 7.10. The van der Waals surface area contributed by atoms with Crippen molar-refractivity contribution in [1.29, 1.82) is 0 Å². The zero-order valence-electron chi connectivity index (χ0n) is 11.7. The molecule has 102 valence electrons. The number of hydrogen-bond acceptors (Lipinski definition) is 4. The highest BCUT2D eigenvalue weighted by atomic mass is 32.1. The molecular weight excluding hydrogens is 260 g/mol. The summed E-state index contributed by atoms with van der Waals surface area (Å²) in [6.07, 6.45) is 0.960. The smallest absolute Gasteiger partial charge is 0.264 e. The maximum absolute atomic E-state index is 12.3. The van der Waals surface area contributed by atoms with Crippen molar-refractivity contribution in [3.8, 4) is 0 Å². The Hall–Kier alpha value is -1.62. The van der Waals surface area contributed by atoms with Crippen molar-refractivity contribution in [3.63, 3.8) is 0 Å². The first-order valence-electron chi connectivity index (χ1n) is 6.28. The normalized spacial score (nSPS) is 10.7. The summed E-state index contributed by atoms with van der Waals surface area (Å²) in [6.45, 7) is 6.47. The van der Waals surface area contributed by atoms with E-state index in [0.29, 0.717) is 6.54 Å². The third kappa shape index (κ3) is 3.04. The van der Waals surface area contributed by atoms with Crippen molar-refractivity contribution in [2.24, 2.45) is 0 Å². The summed E-state index contributed by atoms with van der Waals surface area (Å²) in [7, 11) is 1.78. The van der Waals surface area contributed by atoms with Gasteiger partial charge in [-0.3, -0.25) is 4.79 Å². The van der Waals surface area contributed by atoms with E-state index in [1.54, 1.807) is 23.3 Å². The second-order valence-corrected chi connectivity index (χ2v) is 5.89. The van der Waals surface area contributed by atoms with Gasteiger partial charge in [-0.15, -0.1) is 11.3 Å². The first kappa shape index (κ1) is 13.8. The first-order chi connectivity index (χ1) is 9.01. The summed E-state index contributed by atoms with van der Waals surface area (Å²) < 4.78 is 5.01. The molecule has 0 radical (unpaired) electrons. The number of amides is 1. The molecule has 1 amide bonds. The Labute approximate surface area is 117 Å². The van der Waals surface area contributed by atoms with Gasteiger partial charge in [-0.25, -0.2) is 0 Å². The van der Waals surface area contributed by atoms with E-state index in [9.17, 15) is 4.79 Å². The average Bonchev–Trinajstić information content (AvgIpc) is 2.94. The quantitative estimate of drug-likeness (QED) is 0.863. The van der Waals surface area contributed by atoms with Crippen LogP contribution >= 0.6 is 11.3 Å². The largest absolute Gasteiger partial charge is 0.361 e. The molecule has 0 saturated carbocycles. The molecule has 0 aliphatic heterocycles. The van der Waals surface area contributed by atoms with Crippen molar-refractivity contribution in [3.05, 3.63) is 38.9 Å². The fraction of sp³-hybridized carbons (Fsp3) is 0.429. The van der Waals surface area contributed by atoms with E-state index in [2.05, 4.69) is 19.0 Å². The molecule has 2 aromatic heterocycles. The maximum Gasteiger partial charge on any atom is 0.264 e. The van der Waals surface area contributed by atoms with E-state index in [0.717, 1.165) is 22.8 Å². The molecule has 0 aromatic carbocycles. The molecule has 0 atom stereocenters. The Bertz CT molecular complexity index is 586. The number of rotatable bonds is 4. The van der Waals surface area contributed by atoms with Crippen LogP contribution in [0.4, 0.5) is 0 Å². The van der Waals surface area contributed by atoms with Crippen molar-refractivity contribution in [1.82, 2.24) is 10.1 Å². The molecule has 0 bridgehead atoms. The van der Waals surface area contributed by atoms with Gasteiger partial charge in [0, 0.05) is 18.0 Å². The number of nitrogens with zero attached hydrogens (tertiary/aromatic N) is 2. The summed E-state index contributed by atoms with van der Waals surface area (Å²) in [5.74, 6) is 0.796. The van der Waals surface area contributed by atoms with E-state index in [1.807, 2.05) is 19.1 Å². The van der Waals surface area contributed by atoms with Crippen LogP contribution in [0, 0.1) is 13.8 Å². The van der Waals surface area contributed by atoms with Gasteiger partial charge in [0.1, 0.15) is 11.5 Å². The van der Waals surface area contributed by atoms with Gasteiger partial charge in [-0.05, 0) is 31.9 Å². The molecule has 19 heavy (non-hydrogen) atoms. The monoisotopic (exact) mass is 278 g/mol. The Morgan fingerprint density at radius 3 is 2.68 bits per heavy atom. The van der Waals surface area contributed by atoms with Crippen LogP contribution in [0.3, 0.4) is 0 Å². The molecule has 0 aliphatic carbocycles. The number of carbonyl (C=O) groups excluding carboxylic acids is 1. The third-order valence-electron chi connectivity index (χ3n) is 3.03. The Balaban J connectivity index is 2.09. The topological polar surface area (TPSA) is 46.3 Å². The van der Waals surface area contributed by atoms with Gasteiger partial charge in [0.25, 0.3) is 5.91 Å². The van der Waals surface area contributed by atoms with E-state index >= 15 is 0 Å². The van der Waals surface area contributed by atoms with Crippen LogP contribution in [0.2, 0.25) is 0 Å². The molecule has 0 aliphatic rings. The van der Waals surface area contributed by atoms with Gasteiger partial charge < -0.3 is 9.42 Å². The van der Waals surface area contributed by atoms with E-state index in [4.69, 9.17) is 4.52 Å². The predicted octanol–water partition coefficient (Wildman–Crippen LogP) is 3.19. The second kappa shape index (κ2) is 5.57. The molecule has 5 heteroatoms. The van der Waals surface area contributed by atoms with Crippen molar-refractivity contribution < 1.29 is 9.32 Å². The van der Waals surface area contributed by atoms with Gasteiger partial charge >= 0.3 is 0 Å². The number of aromatic nitrogens is 1. The van der Waals surface area contributed by atoms with Crippen molar-refractivity contribution >= 4 is 17.2 Å². The minimum atomic E-state index is 0.0356. The highest BCUT2D eigenvalue weighted by molar-refractivity contribution is 7.14. The van der Waals surface area contributed by atoms with Crippen LogP contribution in [0.15, 0.2) is 16.7 Å². The minimum Gasteiger partial charge on any atom is -0.361 e. The molecule has 0 N–H and O–H groups in total. The minimum absolute atomic E-state index is 0.0356. The Morgan fingerprint density at radius 2 is 2.16 bits per heavy atom. The number of thiophene rings is 1. The fourth-order valence-corrected chi connectivity index (χ4v) is 3.08. The van der Waals surface area contributed by atoms with Gasteiger partial charge in [-0.2, -0.15) is 0 Å². The van der Waals surface area contributed by atoms with E-state index < -0.39 is 0 Å². The summed E-state index contributed by atoms with van der Waals surface area (Å²) in [5, 5.41) is 3.91. The number of carbonyl (C=O) groups is 1. The molecule has 2 rings (SSSR count). The van der Waals surface area contributed by atoms with E-state index in [1.165, 1.54) is 10.4 Å². The molecular formula is C14H18N2O2S. The molecule has 0 spiro atoms. The van der Waals surface area contributed by atoms with Crippen LogP contribution in [0.1, 0.15) is 38.5 Å². The predicted molar refractivity (Wildman–Crippen MR) is 75.5 cm³/mol. The highest BCUT2D eigenvalue weighted by Crippen LogP contribution is 2.23. The Morgan fingerprint density at radius 1 is 1.42 bits per heavy atom. The molecule has 2 aromatic rings. The summed E-state index contributed by atoms with van der Waals surface area (Å²) in [6, 6.07) is 3.84. The van der Waals surface area contributed by atoms with Crippen LogP contribution in [-0.2, 0) is 13.0 Å². The lowest BCUT2D eigenvalue weighted by Crippen LogP contribution is -2.25. The van der Waals surface area contributed by atoms with Gasteiger partial charge in [0.05, 0.1) is 11.4 Å². The SMILES string of the molecule is CCc1cc(C(=O)N(C)Cc2cc(C)on2)sc1C. The summed E-state index contributed by atoms with van der Waals surface area (Å²) >= 11 is 1.56. The molecule has 0 unspecified atom stereocenters. The van der Waals surface area contributed by atoms with E-state index in [-0.39, 0.29) is 5.91 Å². The van der Waals surface area contributed by atoms with Crippen LogP contribution in [0.5, 0.6) is 0 Å². The summed E-state index contributed by atoms with van der Waals surface area (Å²) in [5.41, 5.74) is 2.02. The van der Waals surface area contributed by atoms with Gasteiger partial charge in [0.15, 0.2) is 0 Å².